The summed E-state index contributed by atoms with van der Waals surface area (Å²) in [5, 5.41) is 10.7. The highest BCUT2D eigenvalue weighted by Crippen LogP contribution is 2.32. The third-order valence-electron chi connectivity index (χ3n) is 4.82. The van der Waals surface area contributed by atoms with E-state index < -0.39 is 0 Å². The summed E-state index contributed by atoms with van der Waals surface area (Å²) in [5.74, 6) is 0.128. The fourth-order valence-electron chi connectivity index (χ4n) is 3.62. The van der Waals surface area contributed by atoms with E-state index in [1.807, 2.05) is 60.7 Å². The van der Waals surface area contributed by atoms with E-state index in [0.29, 0.717) is 10.9 Å². The van der Waals surface area contributed by atoms with Crippen molar-refractivity contribution in [2.45, 2.75) is 19.8 Å². The lowest BCUT2D eigenvalue weighted by Gasteiger charge is -2.15. The quantitative estimate of drug-likeness (QED) is 0.506. The predicted molar refractivity (Wildman–Crippen MR) is 111 cm³/mol. The van der Waals surface area contributed by atoms with Gasteiger partial charge in [-0.3, -0.25) is 4.79 Å². The first-order valence-electron chi connectivity index (χ1n) is 9.21. The minimum absolute atomic E-state index is 0.0675. The average molecular weight is 355 g/mol. The molecule has 27 heavy (non-hydrogen) atoms. The Bertz CT molecular complexity index is 1150. The highest BCUT2D eigenvalue weighted by molar-refractivity contribution is 5.93. The SMILES string of the molecule is CCCc1cc(O)cc2c(=O)c(-c3ccccc3)c(-c3ccccc3)[nH]c12. The van der Waals surface area contributed by atoms with Crippen LogP contribution in [0.5, 0.6) is 5.75 Å². The summed E-state index contributed by atoms with van der Waals surface area (Å²) in [6.45, 7) is 2.09. The van der Waals surface area contributed by atoms with Crippen LogP contribution in [-0.4, -0.2) is 10.1 Å². The Labute approximate surface area is 157 Å². The number of rotatable bonds is 4. The molecule has 1 heterocycles. The van der Waals surface area contributed by atoms with Gasteiger partial charge in [0.15, 0.2) is 5.43 Å². The van der Waals surface area contributed by atoms with Crippen LogP contribution in [0.25, 0.3) is 33.3 Å². The van der Waals surface area contributed by atoms with Gasteiger partial charge in [0.1, 0.15) is 5.75 Å². The molecule has 0 aliphatic heterocycles. The van der Waals surface area contributed by atoms with Crippen molar-refractivity contribution in [1.29, 1.82) is 0 Å². The number of aryl methyl sites for hydroxylation is 1. The number of aromatic hydroxyl groups is 1. The second-order valence-corrected chi connectivity index (χ2v) is 6.71. The molecule has 0 aliphatic carbocycles. The summed E-state index contributed by atoms with van der Waals surface area (Å²) >= 11 is 0. The molecule has 0 saturated heterocycles. The van der Waals surface area contributed by atoms with Gasteiger partial charge in [-0.05, 0) is 35.2 Å². The molecule has 3 nitrogen and oxygen atoms in total. The third kappa shape index (κ3) is 3.13. The molecule has 1 aromatic heterocycles. The van der Waals surface area contributed by atoms with E-state index >= 15 is 0 Å². The van der Waals surface area contributed by atoms with Crippen molar-refractivity contribution >= 4 is 10.9 Å². The molecule has 0 atom stereocenters. The van der Waals surface area contributed by atoms with Gasteiger partial charge in [-0.2, -0.15) is 0 Å². The smallest absolute Gasteiger partial charge is 0.197 e. The van der Waals surface area contributed by atoms with Crippen LogP contribution in [0.15, 0.2) is 77.6 Å². The Hall–Kier alpha value is -3.33. The number of H-pyrrole nitrogens is 1. The molecular weight excluding hydrogens is 334 g/mol. The summed E-state index contributed by atoms with van der Waals surface area (Å²) in [6, 6.07) is 22.9. The Morgan fingerprint density at radius 2 is 1.52 bits per heavy atom. The molecule has 0 spiro atoms. The molecule has 4 aromatic rings. The zero-order chi connectivity index (χ0) is 18.8. The number of hydrogen-bond acceptors (Lipinski definition) is 2. The second kappa shape index (κ2) is 7.12. The van der Waals surface area contributed by atoms with Crippen molar-refractivity contribution in [2.75, 3.05) is 0 Å². The fraction of sp³-hybridized carbons (Fsp3) is 0.125. The molecule has 134 valence electrons. The van der Waals surface area contributed by atoms with Gasteiger partial charge in [0.05, 0.1) is 22.2 Å². The van der Waals surface area contributed by atoms with Crippen molar-refractivity contribution in [3.05, 3.63) is 88.6 Å². The molecule has 4 rings (SSSR count). The third-order valence-corrected chi connectivity index (χ3v) is 4.82. The van der Waals surface area contributed by atoms with Crippen molar-refractivity contribution < 1.29 is 5.11 Å². The average Bonchev–Trinajstić information content (AvgIpc) is 2.70. The monoisotopic (exact) mass is 355 g/mol. The van der Waals surface area contributed by atoms with Gasteiger partial charge in [-0.25, -0.2) is 0 Å². The molecule has 0 amide bonds. The highest BCUT2D eigenvalue weighted by Gasteiger charge is 2.17. The van der Waals surface area contributed by atoms with Gasteiger partial charge in [0.2, 0.25) is 0 Å². The van der Waals surface area contributed by atoms with Crippen LogP contribution in [0.3, 0.4) is 0 Å². The first kappa shape index (κ1) is 17.1. The Morgan fingerprint density at radius 3 is 2.15 bits per heavy atom. The van der Waals surface area contributed by atoms with Crippen LogP contribution < -0.4 is 5.43 Å². The number of phenolic OH excluding ortho intramolecular Hbond substituents is 1. The number of hydrogen-bond donors (Lipinski definition) is 2. The van der Waals surface area contributed by atoms with E-state index in [9.17, 15) is 9.90 Å². The molecule has 0 unspecified atom stereocenters. The molecule has 0 bridgehead atoms. The number of benzene rings is 3. The van der Waals surface area contributed by atoms with Crippen molar-refractivity contribution in [3.8, 4) is 28.1 Å². The molecular formula is C24H21NO2. The van der Waals surface area contributed by atoms with Gasteiger partial charge < -0.3 is 10.1 Å². The maximum Gasteiger partial charge on any atom is 0.197 e. The minimum Gasteiger partial charge on any atom is -0.508 e. The van der Waals surface area contributed by atoms with Crippen LogP contribution in [-0.2, 0) is 6.42 Å². The topological polar surface area (TPSA) is 53.1 Å². The Morgan fingerprint density at radius 1 is 0.889 bits per heavy atom. The van der Waals surface area contributed by atoms with Crippen molar-refractivity contribution in [3.63, 3.8) is 0 Å². The van der Waals surface area contributed by atoms with Crippen molar-refractivity contribution in [1.82, 2.24) is 4.98 Å². The number of pyridine rings is 1. The van der Waals surface area contributed by atoms with E-state index in [4.69, 9.17) is 0 Å². The van der Waals surface area contributed by atoms with E-state index in [0.717, 1.165) is 40.7 Å². The lowest BCUT2D eigenvalue weighted by molar-refractivity contribution is 0.475. The lowest BCUT2D eigenvalue weighted by atomic mass is 9.95. The van der Waals surface area contributed by atoms with Crippen LogP contribution in [0.4, 0.5) is 0 Å². The molecule has 3 aromatic carbocycles. The summed E-state index contributed by atoms with van der Waals surface area (Å²) in [4.78, 5) is 17.0. The molecule has 0 saturated carbocycles. The van der Waals surface area contributed by atoms with Gasteiger partial charge in [0, 0.05) is 0 Å². The summed E-state index contributed by atoms with van der Waals surface area (Å²) in [5.41, 5.74) is 4.96. The standard InChI is InChI=1S/C24H21NO2/c1-2-9-18-14-19(26)15-20-22(18)25-23(17-12-7-4-8-13-17)21(24(20)27)16-10-5-3-6-11-16/h3-8,10-15,26H,2,9H2,1H3,(H,25,27). The second-order valence-electron chi connectivity index (χ2n) is 6.71. The van der Waals surface area contributed by atoms with E-state index in [1.54, 1.807) is 12.1 Å². The van der Waals surface area contributed by atoms with Gasteiger partial charge >= 0.3 is 0 Å². The number of fused-ring (bicyclic) bond motifs is 1. The van der Waals surface area contributed by atoms with Crippen LogP contribution >= 0.6 is 0 Å². The fourth-order valence-corrected chi connectivity index (χ4v) is 3.62. The van der Waals surface area contributed by atoms with E-state index in [2.05, 4.69) is 11.9 Å². The highest BCUT2D eigenvalue weighted by atomic mass is 16.3. The predicted octanol–water partition coefficient (Wildman–Crippen LogP) is 5.52. The van der Waals surface area contributed by atoms with E-state index in [-0.39, 0.29) is 11.2 Å². The minimum atomic E-state index is -0.0675. The first-order valence-corrected chi connectivity index (χ1v) is 9.21. The molecule has 0 radical (unpaired) electrons. The number of phenols is 1. The van der Waals surface area contributed by atoms with Gasteiger partial charge in [0.25, 0.3) is 0 Å². The molecule has 0 aliphatic rings. The summed E-state index contributed by atoms with van der Waals surface area (Å²) in [7, 11) is 0. The zero-order valence-electron chi connectivity index (χ0n) is 15.2. The lowest BCUT2D eigenvalue weighted by Crippen LogP contribution is -2.10. The Balaban J connectivity index is 2.14. The molecule has 3 heteroatoms. The zero-order valence-corrected chi connectivity index (χ0v) is 15.2. The van der Waals surface area contributed by atoms with E-state index in [1.165, 1.54) is 0 Å². The Kier molecular flexibility index (Phi) is 4.51. The molecule has 2 N–H and O–H groups in total. The summed E-state index contributed by atoms with van der Waals surface area (Å²) < 4.78 is 0. The van der Waals surface area contributed by atoms with Crippen LogP contribution in [0.1, 0.15) is 18.9 Å². The van der Waals surface area contributed by atoms with Crippen LogP contribution in [0, 0.1) is 0 Å². The number of aromatic nitrogens is 1. The van der Waals surface area contributed by atoms with Gasteiger partial charge in [-0.15, -0.1) is 0 Å². The summed E-state index contributed by atoms with van der Waals surface area (Å²) in [6.07, 6.45) is 1.72. The molecule has 0 fully saturated rings. The maximum atomic E-state index is 13.5. The largest absolute Gasteiger partial charge is 0.508 e. The maximum absolute atomic E-state index is 13.5. The number of aromatic amines is 1. The first-order chi connectivity index (χ1) is 13.2. The van der Waals surface area contributed by atoms with Crippen molar-refractivity contribution in [2.24, 2.45) is 0 Å². The number of nitrogens with one attached hydrogen (secondary N) is 1. The van der Waals surface area contributed by atoms with Gasteiger partial charge in [-0.1, -0.05) is 74.0 Å². The normalized spacial score (nSPS) is 11.0. The van der Waals surface area contributed by atoms with Crippen LogP contribution in [0.2, 0.25) is 0 Å².